The van der Waals surface area contributed by atoms with Crippen molar-refractivity contribution in [2.24, 2.45) is 5.92 Å². The van der Waals surface area contributed by atoms with Crippen LogP contribution in [0.25, 0.3) is 0 Å². The van der Waals surface area contributed by atoms with Crippen LogP contribution in [0.3, 0.4) is 0 Å². The summed E-state index contributed by atoms with van der Waals surface area (Å²) < 4.78 is 0. The molecule has 6 heteroatoms. The predicted octanol–water partition coefficient (Wildman–Crippen LogP) is 1.15. The largest absolute Gasteiger partial charge is 0.480 e. The van der Waals surface area contributed by atoms with Crippen molar-refractivity contribution < 1.29 is 19.5 Å². The molecular weight excluding hydrogens is 272 g/mol. The number of hydrogen-bond donors (Lipinski definition) is 2. The molecule has 2 fully saturated rings. The van der Waals surface area contributed by atoms with E-state index in [4.69, 9.17) is 5.11 Å². The Morgan fingerprint density at radius 2 is 1.86 bits per heavy atom. The van der Waals surface area contributed by atoms with Gasteiger partial charge in [-0.3, -0.25) is 9.59 Å². The van der Waals surface area contributed by atoms with E-state index in [-0.39, 0.29) is 30.2 Å². The van der Waals surface area contributed by atoms with Crippen LogP contribution < -0.4 is 5.32 Å². The smallest absolute Gasteiger partial charge is 0.326 e. The molecule has 6 nitrogen and oxygen atoms in total. The number of hydrogen-bond acceptors (Lipinski definition) is 3. The lowest BCUT2D eigenvalue weighted by atomic mass is 10.1. The normalized spacial score (nSPS) is 24.0. The van der Waals surface area contributed by atoms with Gasteiger partial charge in [0.05, 0.1) is 0 Å². The van der Waals surface area contributed by atoms with E-state index in [0.717, 1.165) is 32.1 Å². The molecule has 1 heterocycles. The van der Waals surface area contributed by atoms with Crippen LogP contribution in [-0.4, -0.2) is 46.4 Å². The lowest BCUT2D eigenvalue weighted by molar-refractivity contribution is -0.148. The number of rotatable bonds is 5. The molecule has 0 aromatic carbocycles. The Morgan fingerprint density at radius 1 is 1.19 bits per heavy atom. The molecule has 1 saturated carbocycles. The zero-order valence-corrected chi connectivity index (χ0v) is 12.5. The number of likely N-dealkylation sites (tertiary alicyclic amines) is 1. The minimum atomic E-state index is -0.941. The number of carbonyl (C=O) groups excluding carboxylic acids is 2. The molecule has 21 heavy (non-hydrogen) atoms. The first kappa shape index (κ1) is 15.8. The van der Waals surface area contributed by atoms with Gasteiger partial charge in [-0.1, -0.05) is 12.8 Å². The SMILES string of the molecule is CC(CC(=O)N1CCCC1C(=O)O)NC(=O)C1CCCC1. The first-order chi connectivity index (χ1) is 9.99. The average molecular weight is 296 g/mol. The lowest BCUT2D eigenvalue weighted by Gasteiger charge is -2.24. The van der Waals surface area contributed by atoms with Crippen molar-refractivity contribution in [2.45, 2.75) is 64.0 Å². The molecule has 0 aromatic heterocycles. The summed E-state index contributed by atoms with van der Waals surface area (Å²) >= 11 is 0. The molecule has 2 unspecified atom stereocenters. The molecule has 1 aliphatic carbocycles. The van der Waals surface area contributed by atoms with Gasteiger partial charge in [0.15, 0.2) is 0 Å². The average Bonchev–Trinajstić information content (AvgIpc) is 3.10. The second-order valence-electron chi connectivity index (χ2n) is 6.18. The fourth-order valence-corrected chi connectivity index (χ4v) is 3.30. The summed E-state index contributed by atoms with van der Waals surface area (Å²) in [4.78, 5) is 36.7. The third-order valence-corrected chi connectivity index (χ3v) is 4.45. The van der Waals surface area contributed by atoms with Crippen LogP contribution in [0.5, 0.6) is 0 Å². The van der Waals surface area contributed by atoms with Gasteiger partial charge in [-0.05, 0) is 32.6 Å². The van der Waals surface area contributed by atoms with E-state index >= 15 is 0 Å². The van der Waals surface area contributed by atoms with Crippen LogP contribution in [0.2, 0.25) is 0 Å². The second kappa shape index (κ2) is 6.91. The highest BCUT2D eigenvalue weighted by atomic mass is 16.4. The van der Waals surface area contributed by atoms with E-state index in [1.54, 1.807) is 6.92 Å². The van der Waals surface area contributed by atoms with Crippen molar-refractivity contribution in [1.29, 1.82) is 0 Å². The van der Waals surface area contributed by atoms with Crippen molar-refractivity contribution in [3.63, 3.8) is 0 Å². The molecule has 0 bridgehead atoms. The van der Waals surface area contributed by atoms with E-state index in [2.05, 4.69) is 5.32 Å². The van der Waals surface area contributed by atoms with Crippen molar-refractivity contribution in [1.82, 2.24) is 10.2 Å². The highest BCUT2D eigenvalue weighted by Gasteiger charge is 2.34. The number of carboxylic acid groups (broad SMARTS) is 1. The standard InChI is InChI=1S/C15H24N2O4/c1-10(16-14(19)11-5-2-3-6-11)9-13(18)17-8-4-7-12(17)15(20)21/h10-12H,2-9H2,1H3,(H,16,19)(H,20,21). The monoisotopic (exact) mass is 296 g/mol. The number of carbonyl (C=O) groups is 3. The summed E-state index contributed by atoms with van der Waals surface area (Å²) in [6.45, 7) is 2.30. The van der Waals surface area contributed by atoms with Gasteiger partial charge in [0.25, 0.3) is 0 Å². The number of nitrogens with one attached hydrogen (secondary N) is 1. The van der Waals surface area contributed by atoms with E-state index in [1.165, 1.54) is 4.90 Å². The minimum Gasteiger partial charge on any atom is -0.480 e. The van der Waals surface area contributed by atoms with Crippen molar-refractivity contribution >= 4 is 17.8 Å². The van der Waals surface area contributed by atoms with Crippen LogP contribution >= 0.6 is 0 Å². The zero-order valence-electron chi connectivity index (χ0n) is 12.5. The maximum atomic E-state index is 12.2. The van der Waals surface area contributed by atoms with Gasteiger partial charge < -0.3 is 15.3 Å². The maximum Gasteiger partial charge on any atom is 0.326 e. The third-order valence-electron chi connectivity index (χ3n) is 4.45. The van der Waals surface area contributed by atoms with E-state index in [0.29, 0.717) is 13.0 Å². The Labute approximate surface area is 124 Å². The predicted molar refractivity (Wildman–Crippen MR) is 76.6 cm³/mol. The third kappa shape index (κ3) is 3.95. The van der Waals surface area contributed by atoms with Crippen LogP contribution in [-0.2, 0) is 14.4 Å². The quantitative estimate of drug-likeness (QED) is 0.796. The van der Waals surface area contributed by atoms with Crippen molar-refractivity contribution in [3.05, 3.63) is 0 Å². The van der Waals surface area contributed by atoms with E-state index in [1.807, 2.05) is 0 Å². The molecule has 2 aliphatic rings. The Morgan fingerprint density at radius 3 is 2.48 bits per heavy atom. The fraction of sp³-hybridized carbons (Fsp3) is 0.800. The summed E-state index contributed by atoms with van der Waals surface area (Å²) in [6, 6.07) is -0.948. The van der Waals surface area contributed by atoms with Gasteiger partial charge >= 0.3 is 5.97 Å². The summed E-state index contributed by atoms with van der Waals surface area (Å²) in [6.07, 6.45) is 5.47. The van der Waals surface area contributed by atoms with E-state index in [9.17, 15) is 14.4 Å². The Hall–Kier alpha value is -1.59. The highest BCUT2D eigenvalue weighted by Crippen LogP contribution is 2.25. The fourth-order valence-electron chi connectivity index (χ4n) is 3.30. The van der Waals surface area contributed by atoms with Crippen molar-refractivity contribution in [3.8, 4) is 0 Å². The zero-order chi connectivity index (χ0) is 15.4. The molecule has 1 aliphatic heterocycles. The summed E-state index contributed by atoms with van der Waals surface area (Å²) in [5.74, 6) is -1.01. The molecule has 118 valence electrons. The first-order valence-electron chi connectivity index (χ1n) is 7.81. The Kier molecular flexibility index (Phi) is 5.20. The van der Waals surface area contributed by atoms with Crippen LogP contribution in [0.15, 0.2) is 0 Å². The van der Waals surface area contributed by atoms with Gasteiger partial charge in [0, 0.05) is 24.9 Å². The van der Waals surface area contributed by atoms with Crippen LogP contribution in [0.4, 0.5) is 0 Å². The number of amides is 2. The number of carboxylic acids is 1. The number of nitrogens with zero attached hydrogens (tertiary/aromatic N) is 1. The van der Waals surface area contributed by atoms with E-state index < -0.39 is 12.0 Å². The van der Waals surface area contributed by atoms with Crippen LogP contribution in [0, 0.1) is 5.92 Å². The highest BCUT2D eigenvalue weighted by molar-refractivity contribution is 5.85. The Balaban J connectivity index is 1.81. The molecule has 0 radical (unpaired) electrons. The first-order valence-corrected chi connectivity index (χ1v) is 7.81. The summed E-state index contributed by atoms with van der Waals surface area (Å²) in [5, 5.41) is 12.0. The summed E-state index contributed by atoms with van der Waals surface area (Å²) in [7, 11) is 0. The molecule has 0 spiro atoms. The lowest BCUT2D eigenvalue weighted by Crippen LogP contribution is -2.44. The van der Waals surface area contributed by atoms with Gasteiger partial charge in [-0.15, -0.1) is 0 Å². The van der Waals surface area contributed by atoms with Gasteiger partial charge in [-0.2, -0.15) is 0 Å². The second-order valence-corrected chi connectivity index (χ2v) is 6.18. The molecule has 2 amide bonds. The van der Waals surface area contributed by atoms with Gasteiger partial charge in [-0.25, -0.2) is 4.79 Å². The molecule has 2 N–H and O–H groups in total. The Bertz CT molecular complexity index is 418. The topological polar surface area (TPSA) is 86.7 Å². The molecule has 2 rings (SSSR count). The summed E-state index contributed by atoms with van der Waals surface area (Å²) in [5.41, 5.74) is 0. The molecule has 2 atom stereocenters. The van der Waals surface area contributed by atoms with Gasteiger partial charge in [0.1, 0.15) is 6.04 Å². The van der Waals surface area contributed by atoms with Gasteiger partial charge in [0.2, 0.25) is 11.8 Å². The molecule has 1 saturated heterocycles. The van der Waals surface area contributed by atoms with Crippen molar-refractivity contribution in [2.75, 3.05) is 6.54 Å². The van der Waals surface area contributed by atoms with Crippen LogP contribution in [0.1, 0.15) is 51.9 Å². The molecular formula is C15H24N2O4. The minimum absolute atomic E-state index is 0.0315. The number of aliphatic carboxylic acids is 1. The molecule has 0 aromatic rings. The maximum absolute atomic E-state index is 12.2.